The Labute approximate surface area is 608 Å². The van der Waals surface area contributed by atoms with Crippen LogP contribution in [0.15, 0.2) is 85.3 Å². The van der Waals surface area contributed by atoms with Crippen molar-refractivity contribution in [2.24, 2.45) is 0 Å². The van der Waals surface area contributed by atoms with Crippen molar-refractivity contribution in [2.45, 2.75) is 52.1 Å². The van der Waals surface area contributed by atoms with E-state index in [0.29, 0.717) is 234 Å². The smallest absolute Gasteiger partial charge is 0.345 e. The maximum absolute atomic E-state index is 14.5. The van der Waals surface area contributed by atoms with E-state index in [4.69, 9.17) is 99.2 Å². The minimum atomic E-state index is -1.53. The molecule has 6 heterocycles. The van der Waals surface area contributed by atoms with Gasteiger partial charge in [0.05, 0.1) is 160 Å². The minimum absolute atomic E-state index is 0.00635. The molecule has 0 aliphatic carbocycles. The second kappa shape index (κ2) is 42.8. The van der Waals surface area contributed by atoms with E-state index in [1.165, 1.54) is 29.8 Å². The molecule has 29 heteroatoms. The molecule has 7 aromatic rings. The number of nitrogens with one attached hydrogen (secondary N) is 1. The Balaban J connectivity index is 0.718. The number of halogens is 3. The molecule has 10 rings (SSSR count). The van der Waals surface area contributed by atoms with E-state index < -0.39 is 30.1 Å². The summed E-state index contributed by atoms with van der Waals surface area (Å²) in [5, 5.41) is 14.9. The van der Waals surface area contributed by atoms with Gasteiger partial charge in [-0.1, -0.05) is 47.5 Å². The fraction of sp³-hybridized carbons (Fsp3) is 0.507. The maximum Gasteiger partial charge on any atom is 0.345 e. The largest absolute Gasteiger partial charge is 0.487 e. The number of benzene rings is 4. The maximum atomic E-state index is 14.5. The lowest BCUT2D eigenvalue weighted by molar-refractivity contribution is -0.145. The second-order valence-electron chi connectivity index (χ2n) is 23.9. The van der Waals surface area contributed by atoms with Gasteiger partial charge in [-0.05, 0) is 98.6 Å². The predicted octanol–water partition coefficient (Wildman–Crippen LogP) is 9.52. The topological polar surface area (TPSA) is 263 Å². The Morgan fingerprint density at radius 1 is 0.647 bits per heavy atom. The van der Waals surface area contributed by atoms with Crippen LogP contribution in [-0.2, 0) is 69.9 Å². The van der Waals surface area contributed by atoms with E-state index in [-0.39, 0.29) is 40.6 Å². The third-order valence-corrected chi connectivity index (χ3v) is 18.6. The van der Waals surface area contributed by atoms with Crippen LogP contribution < -0.4 is 24.3 Å². The summed E-state index contributed by atoms with van der Waals surface area (Å²) in [7, 11) is 3.73. The zero-order valence-electron chi connectivity index (χ0n) is 58.4. The van der Waals surface area contributed by atoms with E-state index in [0.717, 1.165) is 26.2 Å². The first-order valence-corrected chi connectivity index (χ1v) is 35.7. The number of rotatable bonds is 42. The molecule has 1 fully saturated rings. The molecule has 0 spiro atoms. The van der Waals surface area contributed by atoms with Crippen molar-refractivity contribution in [1.29, 1.82) is 0 Å². The number of ether oxygens (including phenoxy) is 15. The van der Waals surface area contributed by atoms with E-state index >= 15 is 0 Å². The average molecular weight is 1480 g/mol. The first-order valence-electron chi connectivity index (χ1n) is 34.1. The predicted molar refractivity (Wildman–Crippen MR) is 383 cm³/mol. The Kier molecular flexibility index (Phi) is 33.2. The van der Waals surface area contributed by atoms with Crippen LogP contribution in [-0.4, -0.2) is 257 Å². The van der Waals surface area contributed by atoms with Crippen molar-refractivity contribution in [2.75, 3.05) is 192 Å². The number of fused-ring (bicyclic) bond motifs is 7. The van der Waals surface area contributed by atoms with Crippen LogP contribution in [0.3, 0.4) is 0 Å². The fourth-order valence-electron chi connectivity index (χ4n) is 11.0. The first kappa shape index (κ1) is 79.3. The molecular formula is C73H92Cl2FN7O18S. The number of hydrogen-bond donors (Lipinski definition) is 2. The molecule has 2 N–H and O–H groups in total. The van der Waals surface area contributed by atoms with Gasteiger partial charge in [0.1, 0.15) is 47.3 Å². The van der Waals surface area contributed by atoms with Gasteiger partial charge in [0.2, 0.25) is 12.0 Å². The van der Waals surface area contributed by atoms with Gasteiger partial charge in [0.25, 0.3) is 5.91 Å². The Hall–Kier alpha value is -6.87. The Morgan fingerprint density at radius 2 is 1.19 bits per heavy atom. The number of carboxylic acids is 1. The van der Waals surface area contributed by atoms with E-state index in [2.05, 4.69) is 37.1 Å². The number of carbonyl (C=O) groups excluding carboxylic acids is 1. The molecule has 4 aromatic carbocycles. The lowest BCUT2D eigenvalue weighted by Crippen LogP contribution is -2.50. The summed E-state index contributed by atoms with van der Waals surface area (Å²) in [6.45, 7) is 19.4. The van der Waals surface area contributed by atoms with Crippen molar-refractivity contribution in [3.8, 4) is 56.1 Å². The quantitative estimate of drug-likeness (QED) is 0.0337. The highest BCUT2D eigenvalue weighted by Crippen LogP contribution is 2.53. The number of piperazine rings is 1. The van der Waals surface area contributed by atoms with Gasteiger partial charge in [-0.2, -0.15) is 0 Å². The van der Waals surface area contributed by atoms with Gasteiger partial charge < -0.3 is 86.4 Å². The molecule has 554 valence electrons. The highest BCUT2D eigenvalue weighted by atomic mass is 35.5. The zero-order chi connectivity index (χ0) is 71.8. The SMILES string of the molecule is COCCOCCOCCOCCOCCOCCOCCOCCOCCOCCOCCNC(=O)c1ccc(-c2nccc(COc3ccc4cc3C[C@H](C(=O)O)Oc3ncnc5sc(-c6ccc(F)cc6)c(c35)-c3c(C)c(Cl)c(c(Cl)c3C)OC(CN3CCN(C)CC3)[C@@H](C)O4)n2)cc1. The number of likely N-dealkylation sites (N-methyl/N-ethyl adjacent to an activating group) is 1. The number of amides is 1. The van der Waals surface area contributed by atoms with Gasteiger partial charge in [0, 0.05) is 86.1 Å². The molecule has 0 radical (unpaired) electrons. The van der Waals surface area contributed by atoms with Crippen molar-refractivity contribution >= 4 is 56.6 Å². The third kappa shape index (κ3) is 24.4. The van der Waals surface area contributed by atoms with E-state index in [1.54, 1.807) is 74.0 Å². The van der Waals surface area contributed by atoms with E-state index in [9.17, 15) is 19.1 Å². The molecule has 1 saturated heterocycles. The number of aromatic nitrogens is 4. The lowest BCUT2D eigenvalue weighted by atomic mass is 9.92. The van der Waals surface area contributed by atoms with Crippen molar-refractivity contribution in [1.82, 2.24) is 35.1 Å². The Morgan fingerprint density at radius 3 is 1.74 bits per heavy atom. The molecule has 1 amide bonds. The summed E-state index contributed by atoms with van der Waals surface area (Å²) in [5.41, 5.74) is 5.21. The van der Waals surface area contributed by atoms with Gasteiger partial charge in [-0.25, -0.2) is 29.1 Å². The summed E-state index contributed by atoms with van der Waals surface area (Å²) >= 11 is 16.2. The van der Waals surface area contributed by atoms with Crippen LogP contribution in [0.25, 0.3) is 43.2 Å². The molecule has 3 aromatic heterocycles. The molecule has 0 saturated carbocycles. The normalized spacial score (nSPS) is 15.8. The molecule has 3 aliphatic rings. The molecule has 4 bridgehead atoms. The van der Waals surface area contributed by atoms with Gasteiger partial charge in [-0.3, -0.25) is 9.69 Å². The van der Waals surface area contributed by atoms with Crippen molar-refractivity contribution < 1.29 is 90.1 Å². The standard InChI is InChI=1S/C73H92Cl2FN7O18S/c1-49-62-50(2)66(75)67(65(49)74)100-61(46-83-21-19-82(4)20-22-83)51(3)99-58-14-15-59(55(44-58)45-60(73(85)86)101-71-64-63(62)68(102-72(64)80-48-79-71)52-10-12-56(76)13-11-52)98-47-57-16-17-77-69(81-57)53-6-8-54(9-7-53)70(84)78-18-23-88-26-27-90-30-31-92-34-35-94-38-39-96-42-43-97-41-40-95-37-36-93-33-32-91-29-28-89-25-24-87-5/h6-17,44,48,51,60-61H,18-43,45-47H2,1-5H3,(H,78,84)(H,85,86)/t51-,60-,61?/m1/s1. The van der Waals surface area contributed by atoms with Gasteiger partial charge >= 0.3 is 5.97 Å². The summed E-state index contributed by atoms with van der Waals surface area (Å²) in [6.07, 6.45) is -0.0110. The van der Waals surface area contributed by atoms with Crippen LogP contribution in [0.5, 0.6) is 23.1 Å². The number of hydrogen-bond acceptors (Lipinski definition) is 24. The van der Waals surface area contributed by atoms with Crippen LogP contribution >= 0.6 is 34.5 Å². The van der Waals surface area contributed by atoms with Gasteiger partial charge in [-0.15, -0.1) is 11.3 Å². The lowest BCUT2D eigenvalue weighted by Gasteiger charge is -2.36. The number of carbonyl (C=O) groups is 2. The van der Waals surface area contributed by atoms with Crippen LogP contribution in [0.4, 0.5) is 4.39 Å². The van der Waals surface area contributed by atoms with Gasteiger partial charge in [0.15, 0.2) is 11.6 Å². The number of aliphatic carboxylic acids is 1. The highest BCUT2D eigenvalue weighted by Gasteiger charge is 2.34. The number of carboxylic acid groups (broad SMARTS) is 1. The molecule has 3 aliphatic heterocycles. The summed E-state index contributed by atoms with van der Waals surface area (Å²) in [4.78, 5) is 51.0. The Bertz CT molecular complexity index is 3680. The van der Waals surface area contributed by atoms with Crippen molar-refractivity contribution in [3.63, 3.8) is 0 Å². The monoisotopic (exact) mass is 1480 g/mol. The highest BCUT2D eigenvalue weighted by molar-refractivity contribution is 7.22. The average Bonchev–Trinajstić information content (AvgIpc) is 1.51. The first-order chi connectivity index (χ1) is 49.8. The molecule has 1 unspecified atom stereocenters. The number of thiophene rings is 1. The molecule has 102 heavy (non-hydrogen) atoms. The van der Waals surface area contributed by atoms with Crippen LogP contribution in [0.1, 0.15) is 39.7 Å². The third-order valence-electron chi connectivity index (χ3n) is 16.5. The summed E-state index contributed by atoms with van der Waals surface area (Å²) in [5.74, 6) is -0.524. The molecule has 25 nitrogen and oxygen atoms in total. The minimum Gasteiger partial charge on any atom is -0.487 e. The van der Waals surface area contributed by atoms with Crippen LogP contribution in [0.2, 0.25) is 10.0 Å². The number of nitrogens with zero attached hydrogens (tertiary/aromatic N) is 6. The zero-order valence-corrected chi connectivity index (χ0v) is 60.8. The van der Waals surface area contributed by atoms with E-state index in [1.807, 2.05) is 20.8 Å². The summed E-state index contributed by atoms with van der Waals surface area (Å²) < 4.78 is 101. The second-order valence-corrected chi connectivity index (χ2v) is 25.6. The fourth-order valence-corrected chi connectivity index (χ4v) is 12.7. The molecular weight excluding hydrogens is 1380 g/mol. The molecule has 3 atom stereocenters. The summed E-state index contributed by atoms with van der Waals surface area (Å²) in [6, 6.07) is 19.9. The van der Waals surface area contributed by atoms with Crippen LogP contribution in [0, 0.1) is 19.7 Å². The van der Waals surface area contributed by atoms with Crippen molar-refractivity contribution in [3.05, 3.63) is 129 Å². The number of methoxy groups -OCH3 is 1.